The molecule has 0 aliphatic carbocycles. The van der Waals surface area contributed by atoms with E-state index in [1.807, 2.05) is 41.3 Å². The summed E-state index contributed by atoms with van der Waals surface area (Å²) >= 11 is 0. The predicted molar refractivity (Wildman–Crippen MR) is 131 cm³/mol. The van der Waals surface area contributed by atoms with Crippen molar-refractivity contribution < 1.29 is 23.8 Å². The number of hydrogen-bond acceptors (Lipinski definition) is 7. The monoisotopic (exact) mass is 479 g/mol. The number of amides is 1. The molecule has 2 aromatic carbocycles. The summed E-state index contributed by atoms with van der Waals surface area (Å²) in [6, 6.07) is 17.4. The third kappa shape index (κ3) is 8.09. The standard InChI is InChI=1S/C27H33N3O5/c1-3-34-27(32)12-11-26(31)30-15-13-29(14-16-30)19-25(23-5-4-6-24(17-23)33-2)35-20-22-9-7-21(18-28)8-10-22/h4-10,17,25H,3,11-16,19-20H2,1-2H3/t25-/m0/s1. The minimum atomic E-state index is -0.333. The molecule has 1 aliphatic rings. The van der Waals surface area contributed by atoms with Crippen LogP contribution in [0, 0.1) is 11.3 Å². The Morgan fingerprint density at radius 1 is 1.06 bits per heavy atom. The molecule has 35 heavy (non-hydrogen) atoms. The highest BCUT2D eigenvalue weighted by Crippen LogP contribution is 2.25. The van der Waals surface area contributed by atoms with E-state index >= 15 is 0 Å². The fraction of sp³-hybridized carbons (Fsp3) is 0.444. The molecule has 3 rings (SSSR count). The second kappa shape index (κ2) is 13.5. The van der Waals surface area contributed by atoms with E-state index in [4.69, 9.17) is 19.5 Å². The van der Waals surface area contributed by atoms with Crippen molar-refractivity contribution in [1.29, 1.82) is 5.26 Å². The Morgan fingerprint density at radius 2 is 1.80 bits per heavy atom. The van der Waals surface area contributed by atoms with Gasteiger partial charge >= 0.3 is 5.97 Å². The molecule has 0 spiro atoms. The molecule has 1 amide bonds. The quantitative estimate of drug-likeness (QED) is 0.457. The van der Waals surface area contributed by atoms with E-state index in [2.05, 4.69) is 11.0 Å². The summed E-state index contributed by atoms with van der Waals surface area (Å²) in [4.78, 5) is 28.1. The van der Waals surface area contributed by atoms with Crippen LogP contribution in [0.25, 0.3) is 0 Å². The van der Waals surface area contributed by atoms with E-state index in [0.29, 0.717) is 38.4 Å². The lowest BCUT2D eigenvalue weighted by Crippen LogP contribution is -2.49. The van der Waals surface area contributed by atoms with Crippen LogP contribution >= 0.6 is 0 Å². The van der Waals surface area contributed by atoms with Gasteiger partial charge in [-0.2, -0.15) is 5.26 Å². The third-order valence-corrected chi connectivity index (χ3v) is 6.00. The van der Waals surface area contributed by atoms with Crippen LogP contribution < -0.4 is 4.74 Å². The van der Waals surface area contributed by atoms with Crippen LogP contribution in [0.5, 0.6) is 5.75 Å². The molecule has 1 saturated heterocycles. The molecular weight excluding hydrogens is 446 g/mol. The van der Waals surface area contributed by atoms with E-state index < -0.39 is 0 Å². The Kier molecular flexibility index (Phi) is 10.1. The molecule has 186 valence electrons. The second-order valence-electron chi connectivity index (χ2n) is 8.37. The number of ether oxygens (including phenoxy) is 3. The van der Waals surface area contributed by atoms with Gasteiger partial charge in [0.05, 0.1) is 44.5 Å². The maximum Gasteiger partial charge on any atom is 0.306 e. The number of piperazine rings is 1. The van der Waals surface area contributed by atoms with Gasteiger partial charge in [-0.05, 0) is 42.3 Å². The average molecular weight is 480 g/mol. The lowest BCUT2D eigenvalue weighted by molar-refractivity contribution is -0.146. The summed E-state index contributed by atoms with van der Waals surface area (Å²) in [5, 5.41) is 9.01. The number of carbonyl (C=O) groups is 2. The normalized spacial score (nSPS) is 14.7. The lowest BCUT2D eigenvalue weighted by atomic mass is 10.1. The number of hydrogen-bond donors (Lipinski definition) is 0. The molecule has 0 bridgehead atoms. The van der Waals surface area contributed by atoms with Crippen molar-refractivity contribution in [3.63, 3.8) is 0 Å². The summed E-state index contributed by atoms with van der Waals surface area (Å²) in [5.74, 6) is 0.422. The highest BCUT2D eigenvalue weighted by atomic mass is 16.5. The fourth-order valence-corrected chi connectivity index (χ4v) is 3.98. The first-order valence-electron chi connectivity index (χ1n) is 11.9. The van der Waals surface area contributed by atoms with E-state index in [0.717, 1.165) is 30.0 Å². The van der Waals surface area contributed by atoms with E-state index in [9.17, 15) is 9.59 Å². The number of esters is 1. The molecule has 1 heterocycles. The Hall–Kier alpha value is -3.41. The topological polar surface area (TPSA) is 92.1 Å². The van der Waals surface area contributed by atoms with Crippen LogP contribution in [0.15, 0.2) is 48.5 Å². The summed E-state index contributed by atoms with van der Waals surface area (Å²) in [6.07, 6.45) is 0.110. The van der Waals surface area contributed by atoms with Crippen molar-refractivity contribution in [3.05, 3.63) is 65.2 Å². The summed E-state index contributed by atoms with van der Waals surface area (Å²) < 4.78 is 16.7. The second-order valence-corrected chi connectivity index (χ2v) is 8.37. The maximum absolute atomic E-state index is 12.5. The van der Waals surface area contributed by atoms with Gasteiger partial charge in [-0.1, -0.05) is 24.3 Å². The summed E-state index contributed by atoms with van der Waals surface area (Å²) in [7, 11) is 1.64. The molecule has 1 fully saturated rings. The SMILES string of the molecule is CCOC(=O)CCC(=O)N1CCN(C[C@H](OCc2ccc(C#N)cc2)c2cccc(OC)c2)CC1. The maximum atomic E-state index is 12.5. The predicted octanol–water partition coefficient (Wildman–Crippen LogP) is 3.31. The largest absolute Gasteiger partial charge is 0.497 e. The van der Waals surface area contributed by atoms with Gasteiger partial charge in [-0.3, -0.25) is 14.5 Å². The number of benzene rings is 2. The van der Waals surface area contributed by atoms with E-state index in [1.54, 1.807) is 26.2 Å². The Morgan fingerprint density at radius 3 is 2.46 bits per heavy atom. The molecule has 8 nitrogen and oxygen atoms in total. The van der Waals surface area contributed by atoms with Crippen molar-refractivity contribution >= 4 is 11.9 Å². The molecule has 0 radical (unpaired) electrons. The number of nitrogens with zero attached hydrogens (tertiary/aromatic N) is 3. The van der Waals surface area contributed by atoms with Crippen molar-refractivity contribution in [2.75, 3.05) is 46.4 Å². The van der Waals surface area contributed by atoms with Crippen LogP contribution in [-0.4, -0.2) is 68.1 Å². The minimum Gasteiger partial charge on any atom is -0.497 e. The van der Waals surface area contributed by atoms with Gasteiger partial charge in [0.1, 0.15) is 5.75 Å². The molecule has 1 aliphatic heterocycles. The van der Waals surface area contributed by atoms with Gasteiger partial charge < -0.3 is 19.1 Å². The Balaban J connectivity index is 1.58. The summed E-state index contributed by atoms with van der Waals surface area (Å²) in [6.45, 7) is 5.86. The van der Waals surface area contributed by atoms with Gasteiger partial charge in [-0.25, -0.2) is 0 Å². The van der Waals surface area contributed by atoms with E-state index in [1.165, 1.54) is 0 Å². The highest BCUT2D eigenvalue weighted by Gasteiger charge is 2.25. The van der Waals surface area contributed by atoms with Gasteiger partial charge in [0, 0.05) is 39.1 Å². The smallest absolute Gasteiger partial charge is 0.306 e. The first-order valence-corrected chi connectivity index (χ1v) is 11.9. The first kappa shape index (κ1) is 26.2. The summed E-state index contributed by atoms with van der Waals surface area (Å²) in [5.41, 5.74) is 2.63. The van der Waals surface area contributed by atoms with Gasteiger partial charge in [0.15, 0.2) is 0 Å². The highest BCUT2D eigenvalue weighted by molar-refractivity contribution is 5.81. The van der Waals surface area contributed by atoms with Crippen LogP contribution in [0.3, 0.4) is 0 Å². The Bertz CT molecular complexity index is 1010. The number of nitriles is 1. The van der Waals surface area contributed by atoms with Crippen molar-refractivity contribution in [3.8, 4) is 11.8 Å². The molecule has 0 unspecified atom stereocenters. The zero-order valence-electron chi connectivity index (χ0n) is 20.4. The number of rotatable bonds is 11. The molecule has 0 aromatic heterocycles. The third-order valence-electron chi connectivity index (χ3n) is 6.00. The lowest BCUT2D eigenvalue weighted by Gasteiger charge is -2.36. The Labute approximate surface area is 207 Å². The molecular formula is C27H33N3O5. The zero-order valence-corrected chi connectivity index (χ0v) is 20.4. The van der Waals surface area contributed by atoms with Crippen LogP contribution in [0.4, 0.5) is 0 Å². The van der Waals surface area contributed by atoms with Crippen molar-refractivity contribution in [2.24, 2.45) is 0 Å². The minimum absolute atomic E-state index is 0.0147. The van der Waals surface area contributed by atoms with Gasteiger partial charge in [0.25, 0.3) is 0 Å². The van der Waals surface area contributed by atoms with Crippen LogP contribution in [0.1, 0.15) is 42.6 Å². The van der Waals surface area contributed by atoms with Crippen molar-refractivity contribution in [2.45, 2.75) is 32.5 Å². The molecule has 0 N–H and O–H groups in total. The fourth-order valence-electron chi connectivity index (χ4n) is 3.98. The van der Waals surface area contributed by atoms with Gasteiger partial charge in [0.2, 0.25) is 5.91 Å². The van der Waals surface area contributed by atoms with Gasteiger partial charge in [-0.15, -0.1) is 0 Å². The van der Waals surface area contributed by atoms with E-state index in [-0.39, 0.29) is 30.8 Å². The molecule has 2 aromatic rings. The zero-order chi connectivity index (χ0) is 25.0. The average Bonchev–Trinajstić information content (AvgIpc) is 2.90. The van der Waals surface area contributed by atoms with Crippen molar-refractivity contribution in [1.82, 2.24) is 9.80 Å². The first-order chi connectivity index (χ1) is 17.0. The van der Waals surface area contributed by atoms with Crippen LogP contribution in [0.2, 0.25) is 0 Å². The molecule has 1 atom stereocenters. The van der Waals surface area contributed by atoms with Crippen LogP contribution in [-0.2, 0) is 25.7 Å². The number of carbonyl (C=O) groups excluding carboxylic acids is 2. The number of methoxy groups -OCH3 is 1. The molecule has 0 saturated carbocycles. The molecule has 8 heteroatoms.